The standard InChI is InChI=1S/C25H23FN4O4S/c1-33-19-9-3-16(4-10-19)13-14-29-22(23(31)28-21-12-11-20(34-2)15-27-21)24(32)30(25(29)35)18-7-5-17(26)6-8-18/h3-12,15,32H,13-14H2,1-2H3,(H,27,28,31). The van der Waals surface area contributed by atoms with E-state index in [1.165, 1.54) is 42.1 Å². The normalized spacial score (nSPS) is 10.7. The number of ether oxygens (including phenoxy) is 2. The summed E-state index contributed by atoms with van der Waals surface area (Å²) in [6, 6.07) is 16.2. The van der Waals surface area contributed by atoms with E-state index in [2.05, 4.69) is 10.3 Å². The number of nitrogens with zero attached hydrogens (tertiary/aromatic N) is 3. The largest absolute Gasteiger partial charge is 0.497 e. The van der Waals surface area contributed by atoms with Crippen molar-refractivity contribution in [1.82, 2.24) is 14.1 Å². The number of aromatic hydroxyl groups is 1. The summed E-state index contributed by atoms with van der Waals surface area (Å²) in [7, 11) is 3.11. The summed E-state index contributed by atoms with van der Waals surface area (Å²) < 4.78 is 26.8. The summed E-state index contributed by atoms with van der Waals surface area (Å²) in [4.78, 5) is 17.4. The lowest BCUT2D eigenvalue weighted by atomic mass is 10.1. The van der Waals surface area contributed by atoms with E-state index < -0.39 is 11.7 Å². The maximum Gasteiger partial charge on any atom is 0.279 e. The molecule has 180 valence electrons. The summed E-state index contributed by atoms with van der Waals surface area (Å²) >= 11 is 5.63. The number of imidazole rings is 1. The van der Waals surface area contributed by atoms with Crippen LogP contribution in [0.5, 0.6) is 17.4 Å². The lowest BCUT2D eigenvalue weighted by molar-refractivity contribution is 0.101. The number of amides is 1. The van der Waals surface area contributed by atoms with Gasteiger partial charge in [-0.3, -0.25) is 9.36 Å². The molecule has 0 fully saturated rings. The number of nitrogens with one attached hydrogen (secondary N) is 1. The Balaban J connectivity index is 1.71. The summed E-state index contributed by atoms with van der Waals surface area (Å²) in [5, 5.41) is 13.8. The Kier molecular flexibility index (Phi) is 7.11. The van der Waals surface area contributed by atoms with Crippen molar-refractivity contribution in [3.05, 3.63) is 88.7 Å². The molecule has 2 heterocycles. The zero-order valence-electron chi connectivity index (χ0n) is 19.1. The van der Waals surface area contributed by atoms with E-state index in [1.54, 1.807) is 23.8 Å². The van der Waals surface area contributed by atoms with Crippen molar-refractivity contribution in [3.63, 3.8) is 0 Å². The quantitative estimate of drug-likeness (QED) is 0.343. The van der Waals surface area contributed by atoms with Gasteiger partial charge in [-0.25, -0.2) is 9.37 Å². The predicted molar refractivity (Wildman–Crippen MR) is 132 cm³/mol. The molecule has 0 atom stereocenters. The SMILES string of the molecule is COc1ccc(CCn2c(C(=O)Nc3ccc(OC)cn3)c(O)n(-c3ccc(F)cc3)c2=S)cc1. The third kappa shape index (κ3) is 5.17. The fraction of sp³-hybridized carbons (Fsp3) is 0.160. The average molecular weight is 495 g/mol. The molecule has 4 aromatic rings. The maximum atomic E-state index is 13.5. The Hall–Kier alpha value is -4.18. The van der Waals surface area contributed by atoms with Crippen molar-refractivity contribution in [1.29, 1.82) is 0 Å². The fourth-order valence-corrected chi connectivity index (χ4v) is 3.95. The van der Waals surface area contributed by atoms with E-state index in [9.17, 15) is 14.3 Å². The Bertz CT molecular complexity index is 1380. The molecule has 2 N–H and O–H groups in total. The molecule has 8 nitrogen and oxygen atoms in total. The number of carbonyl (C=O) groups is 1. The maximum absolute atomic E-state index is 13.5. The summed E-state index contributed by atoms with van der Waals surface area (Å²) in [6.45, 7) is 0.311. The first-order valence-corrected chi connectivity index (χ1v) is 11.1. The summed E-state index contributed by atoms with van der Waals surface area (Å²) in [6.07, 6.45) is 2.00. The van der Waals surface area contributed by atoms with Gasteiger partial charge in [0.1, 0.15) is 23.1 Å². The van der Waals surface area contributed by atoms with Crippen molar-refractivity contribution in [2.24, 2.45) is 0 Å². The Morgan fingerprint density at radius 3 is 2.29 bits per heavy atom. The molecule has 0 saturated carbocycles. The van der Waals surface area contributed by atoms with Crippen molar-refractivity contribution in [2.45, 2.75) is 13.0 Å². The number of pyridine rings is 1. The number of rotatable bonds is 8. The Morgan fingerprint density at radius 2 is 1.69 bits per heavy atom. The number of benzene rings is 2. The van der Waals surface area contributed by atoms with Gasteiger partial charge in [0.15, 0.2) is 10.5 Å². The molecular weight excluding hydrogens is 471 g/mol. The van der Waals surface area contributed by atoms with E-state index in [0.29, 0.717) is 24.4 Å². The minimum absolute atomic E-state index is 0.0366. The highest BCUT2D eigenvalue weighted by Crippen LogP contribution is 2.27. The van der Waals surface area contributed by atoms with Gasteiger partial charge in [-0.05, 0) is 72.7 Å². The molecule has 0 aliphatic rings. The number of methoxy groups -OCH3 is 2. The molecule has 0 spiro atoms. The zero-order valence-corrected chi connectivity index (χ0v) is 19.9. The molecule has 2 aromatic heterocycles. The van der Waals surface area contributed by atoms with Crippen LogP contribution in [0.3, 0.4) is 0 Å². The molecule has 10 heteroatoms. The minimum Gasteiger partial charge on any atom is -0.497 e. The third-order valence-electron chi connectivity index (χ3n) is 5.41. The number of hydrogen-bond donors (Lipinski definition) is 2. The second-order valence-corrected chi connectivity index (χ2v) is 7.92. The molecule has 0 radical (unpaired) electrons. The van der Waals surface area contributed by atoms with Gasteiger partial charge in [0, 0.05) is 6.54 Å². The molecular formula is C25H23FN4O4S. The number of aryl methyl sites for hydroxylation is 1. The molecule has 0 saturated heterocycles. The number of halogens is 1. The van der Waals surface area contributed by atoms with E-state index in [1.807, 2.05) is 24.3 Å². The number of anilines is 1. The van der Waals surface area contributed by atoms with E-state index in [0.717, 1.165) is 11.3 Å². The number of carbonyl (C=O) groups excluding carboxylic acids is 1. The Labute approximate surface area is 206 Å². The molecule has 0 aliphatic carbocycles. The lowest BCUT2D eigenvalue weighted by Gasteiger charge is -2.10. The average Bonchev–Trinajstić information content (AvgIpc) is 3.13. The van der Waals surface area contributed by atoms with Crippen molar-refractivity contribution in [2.75, 3.05) is 19.5 Å². The van der Waals surface area contributed by atoms with E-state index in [-0.39, 0.29) is 22.2 Å². The van der Waals surface area contributed by atoms with Gasteiger partial charge in [0.05, 0.1) is 26.1 Å². The molecule has 2 aromatic carbocycles. The second-order valence-electron chi connectivity index (χ2n) is 7.55. The van der Waals surface area contributed by atoms with Crippen LogP contribution in [0.1, 0.15) is 16.1 Å². The molecule has 0 bridgehead atoms. The predicted octanol–water partition coefficient (Wildman–Crippen LogP) is 4.76. The first-order valence-electron chi connectivity index (χ1n) is 10.7. The smallest absolute Gasteiger partial charge is 0.279 e. The van der Waals surface area contributed by atoms with Crippen LogP contribution in [0.25, 0.3) is 5.69 Å². The zero-order chi connectivity index (χ0) is 24.9. The van der Waals surface area contributed by atoms with Crippen LogP contribution in [-0.4, -0.2) is 39.4 Å². The second kappa shape index (κ2) is 10.4. The first kappa shape index (κ1) is 24.0. The lowest BCUT2D eigenvalue weighted by Crippen LogP contribution is -2.18. The number of aromatic nitrogens is 3. The topological polar surface area (TPSA) is 90.5 Å². The van der Waals surface area contributed by atoms with Crippen LogP contribution in [0, 0.1) is 10.6 Å². The first-order chi connectivity index (χ1) is 16.9. The van der Waals surface area contributed by atoms with Gasteiger partial charge in [-0.2, -0.15) is 0 Å². The minimum atomic E-state index is -0.596. The molecule has 0 unspecified atom stereocenters. The number of hydrogen-bond acceptors (Lipinski definition) is 6. The van der Waals surface area contributed by atoms with Gasteiger partial charge >= 0.3 is 0 Å². The highest BCUT2D eigenvalue weighted by atomic mass is 32.1. The van der Waals surface area contributed by atoms with Gasteiger partial charge < -0.3 is 24.5 Å². The van der Waals surface area contributed by atoms with Gasteiger partial charge in [0.25, 0.3) is 5.91 Å². The molecule has 0 aliphatic heterocycles. The Morgan fingerprint density at radius 1 is 1.03 bits per heavy atom. The molecule has 4 rings (SSSR count). The van der Waals surface area contributed by atoms with Crippen molar-refractivity contribution < 1.29 is 23.8 Å². The van der Waals surface area contributed by atoms with Crippen LogP contribution in [0.2, 0.25) is 0 Å². The fourth-order valence-electron chi connectivity index (χ4n) is 3.57. The van der Waals surface area contributed by atoms with Crippen LogP contribution < -0.4 is 14.8 Å². The van der Waals surface area contributed by atoms with Crippen LogP contribution in [0.4, 0.5) is 10.2 Å². The van der Waals surface area contributed by atoms with Crippen molar-refractivity contribution >= 4 is 23.9 Å². The van der Waals surface area contributed by atoms with Crippen LogP contribution in [-0.2, 0) is 13.0 Å². The highest BCUT2D eigenvalue weighted by molar-refractivity contribution is 7.71. The highest BCUT2D eigenvalue weighted by Gasteiger charge is 2.25. The van der Waals surface area contributed by atoms with E-state index >= 15 is 0 Å². The van der Waals surface area contributed by atoms with Crippen LogP contribution >= 0.6 is 12.2 Å². The molecule has 1 amide bonds. The van der Waals surface area contributed by atoms with E-state index in [4.69, 9.17) is 21.7 Å². The summed E-state index contributed by atoms with van der Waals surface area (Å²) in [5.41, 5.74) is 1.38. The van der Waals surface area contributed by atoms with Crippen molar-refractivity contribution in [3.8, 4) is 23.1 Å². The monoisotopic (exact) mass is 494 g/mol. The summed E-state index contributed by atoms with van der Waals surface area (Å²) in [5.74, 6) is 0.164. The third-order valence-corrected chi connectivity index (χ3v) is 5.82. The van der Waals surface area contributed by atoms with Gasteiger partial charge in [-0.1, -0.05) is 12.1 Å². The van der Waals surface area contributed by atoms with Gasteiger partial charge in [-0.15, -0.1) is 0 Å². The van der Waals surface area contributed by atoms with Gasteiger partial charge in [0.2, 0.25) is 5.88 Å². The molecule has 35 heavy (non-hydrogen) atoms. The van der Waals surface area contributed by atoms with Crippen LogP contribution in [0.15, 0.2) is 66.9 Å².